The summed E-state index contributed by atoms with van der Waals surface area (Å²) in [4.78, 5) is 7.47. The largest absolute Gasteiger partial charge is 0.391 e. The van der Waals surface area contributed by atoms with E-state index in [1.165, 1.54) is 24.3 Å². The van der Waals surface area contributed by atoms with Gasteiger partial charge in [0.25, 0.3) is 0 Å². The molecular formula is C26H25F3N2O2. The van der Waals surface area contributed by atoms with Gasteiger partial charge in [-0.25, -0.2) is 13.2 Å². The highest BCUT2D eigenvalue weighted by molar-refractivity contribution is 6.01. The fourth-order valence-corrected chi connectivity index (χ4v) is 3.97. The molecule has 0 bridgehead atoms. The molecule has 2 atom stereocenters. The van der Waals surface area contributed by atoms with Gasteiger partial charge in [-0.3, -0.25) is 4.90 Å². The molecule has 0 radical (unpaired) electrons. The zero-order valence-corrected chi connectivity index (χ0v) is 18.0. The molecule has 0 aliphatic carbocycles. The van der Waals surface area contributed by atoms with Crippen LogP contribution in [0, 0.1) is 17.5 Å². The average molecular weight is 454 g/mol. The Morgan fingerprint density at radius 2 is 1.70 bits per heavy atom. The Balaban J connectivity index is 1.43. The first-order valence-electron chi connectivity index (χ1n) is 10.8. The van der Waals surface area contributed by atoms with Crippen LogP contribution in [0.4, 0.5) is 13.2 Å². The third kappa shape index (κ3) is 6.43. The van der Waals surface area contributed by atoms with Crippen molar-refractivity contribution in [2.75, 3.05) is 13.1 Å². The summed E-state index contributed by atoms with van der Waals surface area (Å²) in [6, 6.07) is 19.1. The summed E-state index contributed by atoms with van der Waals surface area (Å²) < 4.78 is 40.9. The Bertz CT molecular complexity index is 1090. The van der Waals surface area contributed by atoms with Crippen LogP contribution >= 0.6 is 0 Å². The average Bonchev–Trinajstić information content (AvgIpc) is 3.25. The van der Waals surface area contributed by atoms with E-state index in [4.69, 9.17) is 4.84 Å². The first kappa shape index (κ1) is 23.0. The molecule has 3 aromatic carbocycles. The molecule has 3 aromatic rings. The molecule has 172 valence electrons. The van der Waals surface area contributed by atoms with Crippen LogP contribution in [-0.4, -0.2) is 41.0 Å². The van der Waals surface area contributed by atoms with E-state index in [2.05, 4.69) is 5.16 Å². The fourth-order valence-electron chi connectivity index (χ4n) is 3.97. The molecule has 0 saturated heterocycles. The lowest BCUT2D eigenvalue weighted by Gasteiger charge is -2.27. The van der Waals surface area contributed by atoms with Crippen LogP contribution in [0.5, 0.6) is 0 Å². The minimum atomic E-state index is -0.685. The second kappa shape index (κ2) is 10.6. The van der Waals surface area contributed by atoms with Gasteiger partial charge in [0.1, 0.15) is 23.6 Å². The topological polar surface area (TPSA) is 45.1 Å². The van der Waals surface area contributed by atoms with E-state index >= 15 is 0 Å². The summed E-state index contributed by atoms with van der Waals surface area (Å²) in [7, 11) is 0. The molecule has 1 N–H and O–H groups in total. The molecule has 7 heteroatoms. The molecule has 1 heterocycles. The summed E-state index contributed by atoms with van der Waals surface area (Å²) in [5.74, 6) is -1.59. The molecule has 1 aliphatic rings. The van der Waals surface area contributed by atoms with Gasteiger partial charge in [-0.15, -0.1) is 0 Å². The van der Waals surface area contributed by atoms with Gasteiger partial charge in [-0.05, 0) is 35.7 Å². The van der Waals surface area contributed by atoms with Gasteiger partial charge < -0.3 is 9.94 Å². The van der Waals surface area contributed by atoms with Crippen LogP contribution in [0.1, 0.15) is 23.1 Å². The molecular weight excluding hydrogens is 429 g/mol. The Morgan fingerprint density at radius 3 is 2.42 bits per heavy atom. The van der Waals surface area contributed by atoms with Crippen molar-refractivity contribution in [3.8, 4) is 0 Å². The maximum absolute atomic E-state index is 14.3. The van der Waals surface area contributed by atoms with E-state index in [0.717, 1.165) is 17.2 Å². The fraction of sp³-hybridized carbons (Fsp3) is 0.269. The summed E-state index contributed by atoms with van der Waals surface area (Å²) in [5, 5.41) is 14.8. The van der Waals surface area contributed by atoms with Gasteiger partial charge in [-0.1, -0.05) is 53.7 Å². The number of rotatable bonds is 9. The molecule has 0 aromatic heterocycles. The van der Waals surface area contributed by atoms with E-state index in [0.29, 0.717) is 30.7 Å². The second-order valence-corrected chi connectivity index (χ2v) is 8.25. The van der Waals surface area contributed by atoms with E-state index in [9.17, 15) is 18.3 Å². The predicted molar refractivity (Wildman–Crippen MR) is 120 cm³/mol. The monoisotopic (exact) mass is 454 g/mol. The van der Waals surface area contributed by atoms with Gasteiger partial charge in [-0.2, -0.15) is 0 Å². The summed E-state index contributed by atoms with van der Waals surface area (Å²) in [6.45, 7) is 0.845. The van der Waals surface area contributed by atoms with E-state index in [1.807, 2.05) is 35.2 Å². The third-order valence-corrected chi connectivity index (χ3v) is 5.56. The number of hydrogen-bond donors (Lipinski definition) is 1. The molecule has 33 heavy (non-hydrogen) atoms. The van der Waals surface area contributed by atoms with Gasteiger partial charge in [0.15, 0.2) is 0 Å². The highest BCUT2D eigenvalue weighted by Crippen LogP contribution is 2.20. The molecule has 0 fully saturated rings. The van der Waals surface area contributed by atoms with E-state index in [1.54, 1.807) is 12.1 Å². The zero-order valence-electron chi connectivity index (χ0n) is 18.0. The van der Waals surface area contributed by atoms with Gasteiger partial charge in [0, 0.05) is 37.7 Å². The van der Waals surface area contributed by atoms with Crippen molar-refractivity contribution in [2.24, 2.45) is 5.16 Å². The number of nitrogens with zero attached hydrogens (tertiary/aromatic N) is 2. The highest BCUT2D eigenvalue weighted by Gasteiger charge is 2.26. The van der Waals surface area contributed by atoms with Gasteiger partial charge >= 0.3 is 0 Å². The van der Waals surface area contributed by atoms with Crippen molar-refractivity contribution in [1.82, 2.24) is 4.90 Å². The van der Waals surface area contributed by atoms with E-state index in [-0.39, 0.29) is 25.0 Å². The maximum atomic E-state index is 14.3. The number of hydrogen-bond acceptors (Lipinski definition) is 4. The standard InChI is InChI=1S/C26H25F3N2O2/c27-21-9-6-19(7-10-21)26-14-24(33-30-26)17-31(15-20-8-11-22(28)13-25(20)29)16-23(32)12-18-4-2-1-3-5-18/h1-11,13,23-24,32H,12,14-17H2/t23-,24+/m1/s1. The normalized spacial score (nSPS) is 16.5. The quantitative estimate of drug-likeness (QED) is 0.510. The smallest absolute Gasteiger partial charge is 0.145 e. The first-order chi connectivity index (χ1) is 16.0. The van der Waals surface area contributed by atoms with Crippen molar-refractivity contribution in [1.29, 1.82) is 0 Å². The van der Waals surface area contributed by atoms with Gasteiger partial charge in [0.05, 0.1) is 11.8 Å². The van der Waals surface area contributed by atoms with Crippen LogP contribution in [-0.2, 0) is 17.8 Å². The third-order valence-electron chi connectivity index (χ3n) is 5.56. The van der Waals surface area contributed by atoms with Crippen LogP contribution < -0.4 is 0 Å². The molecule has 0 saturated carbocycles. The summed E-state index contributed by atoms with van der Waals surface area (Å²) in [5.41, 5.74) is 2.81. The van der Waals surface area contributed by atoms with Crippen molar-refractivity contribution in [2.45, 2.75) is 31.6 Å². The van der Waals surface area contributed by atoms with Crippen LogP contribution in [0.15, 0.2) is 78.0 Å². The lowest BCUT2D eigenvalue weighted by Crippen LogP contribution is -2.38. The first-order valence-corrected chi connectivity index (χ1v) is 10.8. The number of benzene rings is 3. The summed E-state index contributed by atoms with van der Waals surface area (Å²) >= 11 is 0. The molecule has 0 amide bonds. The Kier molecular flexibility index (Phi) is 7.42. The Hall–Kier alpha value is -3.16. The number of halogens is 3. The molecule has 0 spiro atoms. The minimum absolute atomic E-state index is 0.184. The summed E-state index contributed by atoms with van der Waals surface area (Å²) in [6.07, 6.45) is -0.0400. The van der Waals surface area contributed by atoms with Crippen molar-refractivity contribution >= 4 is 5.71 Å². The number of aliphatic hydroxyl groups excluding tert-OH is 1. The van der Waals surface area contributed by atoms with E-state index < -0.39 is 17.7 Å². The molecule has 1 aliphatic heterocycles. The Labute approximate surface area is 190 Å². The molecule has 0 unspecified atom stereocenters. The predicted octanol–water partition coefficient (Wildman–Crippen LogP) is 4.70. The maximum Gasteiger partial charge on any atom is 0.145 e. The number of aliphatic hydroxyl groups is 1. The lowest BCUT2D eigenvalue weighted by molar-refractivity contribution is 0.0319. The minimum Gasteiger partial charge on any atom is -0.391 e. The second-order valence-electron chi connectivity index (χ2n) is 8.25. The number of oxime groups is 1. The SMILES string of the molecule is O[C@H](Cc1ccccc1)CN(Cc1ccc(F)cc1F)C[C@@H]1CC(c2ccc(F)cc2)=NO1. The van der Waals surface area contributed by atoms with Crippen LogP contribution in [0.2, 0.25) is 0 Å². The Morgan fingerprint density at radius 1 is 0.970 bits per heavy atom. The van der Waals surface area contributed by atoms with Crippen LogP contribution in [0.3, 0.4) is 0 Å². The highest BCUT2D eigenvalue weighted by atomic mass is 19.1. The van der Waals surface area contributed by atoms with Crippen molar-refractivity contribution in [3.05, 3.63) is 107 Å². The molecule has 4 nitrogen and oxygen atoms in total. The van der Waals surface area contributed by atoms with Gasteiger partial charge in [0.2, 0.25) is 0 Å². The molecule has 4 rings (SSSR count). The van der Waals surface area contributed by atoms with Crippen LogP contribution in [0.25, 0.3) is 0 Å². The lowest BCUT2D eigenvalue weighted by atomic mass is 10.0. The van der Waals surface area contributed by atoms with Crippen molar-refractivity contribution in [3.63, 3.8) is 0 Å². The van der Waals surface area contributed by atoms with Crippen molar-refractivity contribution < 1.29 is 23.1 Å². The zero-order chi connectivity index (χ0) is 23.2.